The minimum absolute atomic E-state index is 0.0238. The topological polar surface area (TPSA) is 60.9 Å². The van der Waals surface area contributed by atoms with Crippen molar-refractivity contribution in [1.29, 1.82) is 0 Å². The maximum atomic E-state index is 12.3. The summed E-state index contributed by atoms with van der Waals surface area (Å²) in [5.74, 6) is -0.0823. The first-order chi connectivity index (χ1) is 11.5. The quantitative estimate of drug-likeness (QED) is 0.808. The molecule has 1 aromatic carbocycles. The van der Waals surface area contributed by atoms with Crippen molar-refractivity contribution >= 4 is 35.0 Å². The van der Waals surface area contributed by atoms with E-state index in [0.29, 0.717) is 54.6 Å². The number of halogens is 2. The number of piperazine rings is 1. The molecule has 2 rings (SSSR count). The van der Waals surface area contributed by atoms with Crippen molar-refractivity contribution in [3.63, 3.8) is 0 Å². The summed E-state index contributed by atoms with van der Waals surface area (Å²) in [7, 11) is 0. The highest BCUT2D eigenvalue weighted by atomic mass is 35.5. The summed E-state index contributed by atoms with van der Waals surface area (Å²) in [5, 5.41) is 10.2. The van der Waals surface area contributed by atoms with Crippen LogP contribution in [0, 0.1) is 0 Å². The fourth-order valence-electron chi connectivity index (χ4n) is 2.71. The van der Waals surface area contributed by atoms with Gasteiger partial charge in [0.1, 0.15) is 0 Å². The Hall–Kier alpha value is -1.56. The lowest BCUT2D eigenvalue weighted by Crippen LogP contribution is -2.50. The number of benzene rings is 1. The van der Waals surface area contributed by atoms with Crippen molar-refractivity contribution in [2.75, 3.05) is 26.2 Å². The Kier molecular flexibility index (Phi) is 6.66. The summed E-state index contributed by atoms with van der Waals surface area (Å²) >= 11 is 12.0. The molecule has 0 spiro atoms. The first-order valence-corrected chi connectivity index (χ1v) is 8.48. The Labute approximate surface area is 151 Å². The van der Waals surface area contributed by atoms with Crippen molar-refractivity contribution in [2.45, 2.75) is 19.4 Å². The summed E-state index contributed by atoms with van der Waals surface area (Å²) in [5.41, 5.74) is 1.50. The fourth-order valence-corrected chi connectivity index (χ4v) is 3.09. The number of aliphatic hydroxyl groups excluding tert-OH is 1. The Balaban J connectivity index is 1.91. The van der Waals surface area contributed by atoms with E-state index < -0.39 is 0 Å². The summed E-state index contributed by atoms with van der Waals surface area (Å²) in [6.07, 6.45) is 2.09. The van der Waals surface area contributed by atoms with E-state index in [2.05, 4.69) is 6.58 Å². The number of carbonyl (C=O) groups excluding carboxylic acids is 2. The molecule has 1 aliphatic heterocycles. The third kappa shape index (κ3) is 4.50. The van der Waals surface area contributed by atoms with Gasteiger partial charge in [-0.15, -0.1) is 0 Å². The normalized spacial score (nSPS) is 14.6. The van der Waals surface area contributed by atoms with Crippen LogP contribution in [0.2, 0.25) is 10.0 Å². The van der Waals surface area contributed by atoms with Crippen molar-refractivity contribution < 1.29 is 14.7 Å². The van der Waals surface area contributed by atoms with Crippen LogP contribution in [-0.2, 0) is 22.6 Å². The van der Waals surface area contributed by atoms with E-state index in [4.69, 9.17) is 23.2 Å². The summed E-state index contributed by atoms with van der Waals surface area (Å²) < 4.78 is 0. The number of rotatable bonds is 5. The number of aliphatic hydroxyl groups is 1. The highest BCUT2D eigenvalue weighted by molar-refractivity contribution is 6.42. The monoisotopic (exact) mass is 370 g/mol. The Bertz CT molecular complexity index is 641. The second-order valence-corrected chi connectivity index (χ2v) is 6.42. The lowest BCUT2D eigenvalue weighted by atomic mass is 10.0. The molecule has 0 saturated carbocycles. The zero-order valence-electron chi connectivity index (χ0n) is 13.3. The highest BCUT2D eigenvalue weighted by Gasteiger charge is 2.22. The van der Waals surface area contributed by atoms with Crippen LogP contribution in [-0.4, -0.2) is 52.9 Å². The van der Waals surface area contributed by atoms with Crippen molar-refractivity contribution in [1.82, 2.24) is 9.80 Å². The van der Waals surface area contributed by atoms with Gasteiger partial charge in [-0.1, -0.05) is 29.8 Å². The third-order valence-corrected chi connectivity index (χ3v) is 4.86. The molecule has 130 valence electrons. The van der Waals surface area contributed by atoms with Crippen molar-refractivity contribution in [3.05, 3.63) is 46.0 Å². The molecule has 0 aliphatic carbocycles. The Morgan fingerprint density at radius 3 is 2.17 bits per heavy atom. The molecule has 2 amide bonds. The molecule has 1 saturated heterocycles. The van der Waals surface area contributed by atoms with Crippen LogP contribution < -0.4 is 0 Å². The van der Waals surface area contributed by atoms with Gasteiger partial charge in [-0.05, 0) is 35.8 Å². The van der Waals surface area contributed by atoms with Crippen LogP contribution in [0.25, 0.3) is 0 Å². The first-order valence-electron chi connectivity index (χ1n) is 7.73. The fraction of sp³-hybridized carbons (Fsp3) is 0.412. The summed E-state index contributed by atoms with van der Waals surface area (Å²) in [4.78, 5) is 27.3. The SMILES string of the molecule is C=CC(=O)N1CCN(C(=O)CCc2cc(Cl)c(Cl)cc2CO)CC1. The van der Waals surface area contributed by atoms with Gasteiger partial charge in [-0.2, -0.15) is 0 Å². The molecular formula is C17H20Cl2N2O3. The van der Waals surface area contributed by atoms with Gasteiger partial charge in [0.25, 0.3) is 0 Å². The standard InChI is InChI=1S/C17H20Cl2N2O3/c1-2-16(23)20-5-7-21(8-6-20)17(24)4-3-12-9-14(18)15(19)10-13(12)11-22/h2,9-10,22H,1,3-8,11H2. The smallest absolute Gasteiger partial charge is 0.246 e. The van der Waals surface area contributed by atoms with E-state index in [1.54, 1.807) is 21.9 Å². The van der Waals surface area contributed by atoms with Crippen molar-refractivity contribution in [3.8, 4) is 0 Å². The zero-order chi connectivity index (χ0) is 17.7. The largest absolute Gasteiger partial charge is 0.392 e. The zero-order valence-corrected chi connectivity index (χ0v) is 14.8. The third-order valence-electron chi connectivity index (χ3n) is 4.14. The second kappa shape index (κ2) is 8.51. The van der Waals surface area contributed by atoms with Gasteiger partial charge in [-0.25, -0.2) is 0 Å². The van der Waals surface area contributed by atoms with E-state index >= 15 is 0 Å². The maximum absolute atomic E-state index is 12.3. The van der Waals surface area contributed by atoms with Crippen LogP contribution in [0.1, 0.15) is 17.5 Å². The molecule has 1 fully saturated rings. The van der Waals surface area contributed by atoms with Gasteiger partial charge in [0, 0.05) is 32.6 Å². The number of nitrogens with zero attached hydrogens (tertiary/aromatic N) is 2. The number of aryl methyl sites for hydroxylation is 1. The molecule has 1 N–H and O–H groups in total. The van der Waals surface area contributed by atoms with E-state index in [-0.39, 0.29) is 18.4 Å². The second-order valence-electron chi connectivity index (χ2n) is 5.60. The lowest BCUT2D eigenvalue weighted by Gasteiger charge is -2.34. The molecule has 0 radical (unpaired) electrons. The summed E-state index contributed by atoms with van der Waals surface area (Å²) in [6.45, 7) is 5.40. The molecule has 0 bridgehead atoms. The molecule has 0 atom stereocenters. The maximum Gasteiger partial charge on any atom is 0.246 e. The van der Waals surface area contributed by atoms with E-state index in [9.17, 15) is 14.7 Å². The number of amides is 2. The first kappa shape index (κ1) is 18.8. The molecule has 24 heavy (non-hydrogen) atoms. The van der Waals surface area contributed by atoms with Crippen molar-refractivity contribution in [2.24, 2.45) is 0 Å². The van der Waals surface area contributed by atoms with Gasteiger partial charge in [0.15, 0.2) is 0 Å². The minimum atomic E-state index is -0.150. The van der Waals surface area contributed by atoms with Gasteiger partial charge >= 0.3 is 0 Å². The van der Waals surface area contributed by atoms with E-state index in [1.165, 1.54) is 6.08 Å². The molecular weight excluding hydrogens is 351 g/mol. The molecule has 1 aromatic rings. The molecule has 1 heterocycles. The average Bonchev–Trinajstić information content (AvgIpc) is 2.61. The van der Waals surface area contributed by atoms with Crippen LogP contribution in [0.5, 0.6) is 0 Å². The predicted molar refractivity (Wildman–Crippen MR) is 94.1 cm³/mol. The van der Waals surface area contributed by atoms with Gasteiger partial charge in [0.2, 0.25) is 11.8 Å². The number of hydrogen-bond donors (Lipinski definition) is 1. The van der Waals surface area contributed by atoms with Gasteiger partial charge < -0.3 is 14.9 Å². The van der Waals surface area contributed by atoms with Crippen LogP contribution in [0.15, 0.2) is 24.8 Å². The van der Waals surface area contributed by atoms with Crippen LogP contribution in [0.3, 0.4) is 0 Å². The molecule has 0 aromatic heterocycles. The minimum Gasteiger partial charge on any atom is -0.392 e. The van der Waals surface area contributed by atoms with Crippen LogP contribution in [0.4, 0.5) is 0 Å². The lowest BCUT2D eigenvalue weighted by molar-refractivity contribution is -0.137. The molecule has 5 nitrogen and oxygen atoms in total. The van der Waals surface area contributed by atoms with E-state index in [0.717, 1.165) is 5.56 Å². The number of hydrogen-bond acceptors (Lipinski definition) is 3. The molecule has 0 unspecified atom stereocenters. The highest BCUT2D eigenvalue weighted by Crippen LogP contribution is 2.27. The molecule has 7 heteroatoms. The Morgan fingerprint density at radius 1 is 1.08 bits per heavy atom. The predicted octanol–water partition coefficient (Wildman–Crippen LogP) is 2.28. The van der Waals surface area contributed by atoms with E-state index in [1.807, 2.05) is 0 Å². The van der Waals surface area contributed by atoms with Gasteiger partial charge in [0.05, 0.1) is 16.7 Å². The summed E-state index contributed by atoms with van der Waals surface area (Å²) in [6, 6.07) is 3.33. The Morgan fingerprint density at radius 2 is 1.62 bits per heavy atom. The molecule has 1 aliphatic rings. The van der Waals surface area contributed by atoms with Gasteiger partial charge in [-0.3, -0.25) is 9.59 Å². The average molecular weight is 371 g/mol. The van der Waals surface area contributed by atoms with Crippen LogP contribution >= 0.6 is 23.2 Å². The number of carbonyl (C=O) groups is 2.